The summed E-state index contributed by atoms with van der Waals surface area (Å²) < 4.78 is 27.8. The predicted molar refractivity (Wildman–Crippen MR) is 88.6 cm³/mol. The number of hydrogen-bond acceptors (Lipinski definition) is 3. The molecule has 2 unspecified atom stereocenters. The zero-order valence-electron chi connectivity index (χ0n) is 12.8. The van der Waals surface area contributed by atoms with E-state index in [0.29, 0.717) is 10.8 Å². The van der Waals surface area contributed by atoms with Gasteiger partial charge >= 0.3 is 0 Å². The van der Waals surface area contributed by atoms with Crippen LogP contribution in [-0.4, -0.2) is 27.0 Å². The van der Waals surface area contributed by atoms with E-state index in [1.807, 2.05) is 19.1 Å². The molecule has 1 saturated heterocycles. The summed E-state index contributed by atoms with van der Waals surface area (Å²) in [4.78, 5) is 0.362. The Hall–Kier alpha value is -0.620. The number of halogens is 1. The van der Waals surface area contributed by atoms with Crippen molar-refractivity contribution in [3.8, 4) is 0 Å². The highest BCUT2D eigenvalue weighted by Gasteiger charge is 2.26. The van der Waals surface area contributed by atoms with Crippen molar-refractivity contribution in [1.82, 2.24) is 10.0 Å². The maximum atomic E-state index is 12.5. The van der Waals surface area contributed by atoms with Gasteiger partial charge in [0.25, 0.3) is 0 Å². The van der Waals surface area contributed by atoms with Gasteiger partial charge in [0.2, 0.25) is 10.0 Å². The molecule has 1 fully saturated rings. The third-order valence-electron chi connectivity index (χ3n) is 3.90. The molecule has 1 aromatic carbocycles. The first-order valence-corrected chi connectivity index (χ1v) is 8.74. The van der Waals surface area contributed by atoms with Crippen LogP contribution in [0.4, 0.5) is 0 Å². The van der Waals surface area contributed by atoms with Crippen LogP contribution in [0.2, 0.25) is 0 Å². The second-order valence-corrected chi connectivity index (χ2v) is 7.55. The van der Waals surface area contributed by atoms with Crippen molar-refractivity contribution >= 4 is 22.4 Å². The highest BCUT2D eigenvalue weighted by atomic mass is 35.5. The number of hydrogen-bond donors (Lipinski definition) is 2. The summed E-state index contributed by atoms with van der Waals surface area (Å²) in [6.45, 7) is 7.11. The molecule has 4 nitrogen and oxygen atoms in total. The molecule has 0 saturated carbocycles. The normalized spacial score (nSPS) is 22.9. The van der Waals surface area contributed by atoms with Crippen LogP contribution in [0.3, 0.4) is 0 Å². The fourth-order valence-corrected chi connectivity index (χ4v) is 3.92. The second kappa shape index (κ2) is 7.58. The molecule has 0 spiro atoms. The first-order valence-electron chi connectivity index (χ1n) is 7.26. The molecule has 0 aromatic heterocycles. The molecule has 1 aliphatic heterocycles. The maximum Gasteiger partial charge on any atom is 0.240 e. The van der Waals surface area contributed by atoms with Crippen molar-refractivity contribution in [3.63, 3.8) is 0 Å². The van der Waals surface area contributed by atoms with Gasteiger partial charge in [-0.25, -0.2) is 13.1 Å². The molecule has 21 heavy (non-hydrogen) atoms. The average molecular weight is 333 g/mol. The third kappa shape index (κ3) is 4.68. The predicted octanol–water partition coefficient (Wildman–Crippen LogP) is 2.65. The van der Waals surface area contributed by atoms with Crippen LogP contribution in [0.15, 0.2) is 29.2 Å². The Bertz CT molecular complexity index is 561. The monoisotopic (exact) mass is 332 g/mol. The highest BCUT2D eigenvalue weighted by molar-refractivity contribution is 7.89. The van der Waals surface area contributed by atoms with E-state index < -0.39 is 10.0 Å². The van der Waals surface area contributed by atoms with E-state index in [2.05, 4.69) is 23.9 Å². The lowest BCUT2D eigenvalue weighted by Crippen LogP contribution is -2.51. The minimum absolute atomic E-state index is 0. The fourth-order valence-electron chi connectivity index (χ4n) is 2.51. The molecule has 120 valence electrons. The Morgan fingerprint density at radius 1 is 1.33 bits per heavy atom. The van der Waals surface area contributed by atoms with Gasteiger partial charge < -0.3 is 5.32 Å². The minimum Gasteiger partial charge on any atom is -0.313 e. The molecule has 1 aromatic rings. The molecule has 1 heterocycles. The van der Waals surface area contributed by atoms with E-state index in [0.717, 1.165) is 24.9 Å². The van der Waals surface area contributed by atoms with E-state index in [4.69, 9.17) is 0 Å². The number of sulfonamides is 1. The van der Waals surface area contributed by atoms with Crippen molar-refractivity contribution in [3.05, 3.63) is 29.8 Å². The first-order chi connectivity index (χ1) is 9.40. The zero-order chi connectivity index (χ0) is 14.8. The average Bonchev–Trinajstić information content (AvgIpc) is 2.41. The largest absolute Gasteiger partial charge is 0.313 e. The Morgan fingerprint density at radius 3 is 2.67 bits per heavy atom. The summed E-state index contributed by atoms with van der Waals surface area (Å²) in [6.07, 6.45) is 1.89. The van der Waals surface area contributed by atoms with E-state index in [-0.39, 0.29) is 24.5 Å². The van der Waals surface area contributed by atoms with Crippen LogP contribution in [0.1, 0.15) is 45.1 Å². The molecule has 2 N–H and O–H groups in total. The lowest BCUT2D eigenvalue weighted by molar-refractivity contribution is 0.349. The third-order valence-corrected chi connectivity index (χ3v) is 5.39. The number of piperidine rings is 1. The molecule has 1 aliphatic rings. The lowest BCUT2D eigenvalue weighted by Gasteiger charge is -2.30. The van der Waals surface area contributed by atoms with Crippen molar-refractivity contribution in [1.29, 1.82) is 0 Å². The maximum absolute atomic E-state index is 12.5. The summed E-state index contributed by atoms with van der Waals surface area (Å²) in [5, 5.41) is 3.31. The van der Waals surface area contributed by atoms with E-state index in [1.54, 1.807) is 12.1 Å². The summed E-state index contributed by atoms with van der Waals surface area (Å²) in [5.74, 6) is 0.320. The van der Waals surface area contributed by atoms with Gasteiger partial charge in [0.15, 0.2) is 0 Å². The van der Waals surface area contributed by atoms with Crippen molar-refractivity contribution in [2.45, 2.75) is 56.5 Å². The lowest BCUT2D eigenvalue weighted by atomic mass is 10.0. The van der Waals surface area contributed by atoms with Gasteiger partial charge in [0.05, 0.1) is 4.90 Å². The van der Waals surface area contributed by atoms with Gasteiger partial charge in [0, 0.05) is 12.1 Å². The molecule has 6 heteroatoms. The van der Waals surface area contributed by atoms with Gasteiger partial charge in [-0.05, 0) is 49.9 Å². The molecule has 0 amide bonds. The summed E-state index contributed by atoms with van der Waals surface area (Å²) >= 11 is 0. The van der Waals surface area contributed by atoms with Gasteiger partial charge in [-0.2, -0.15) is 0 Å². The fraction of sp³-hybridized carbons (Fsp3) is 0.600. The SMILES string of the molecule is CC(C)c1cccc(S(=O)(=O)NC2CCCNC2C)c1.Cl. The molecule has 2 atom stereocenters. The minimum atomic E-state index is -3.44. The zero-order valence-corrected chi connectivity index (χ0v) is 14.4. The van der Waals surface area contributed by atoms with E-state index in [1.165, 1.54) is 0 Å². The van der Waals surface area contributed by atoms with Gasteiger partial charge in [-0.15, -0.1) is 12.4 Å². The van der Waals surface area contributed by atoms with Gasteiger partial charge in [0.1, 0.15) is 0 Å². The van der Waals surface area contributed by atoms with Crippen LogP contribution >= 0.6 is 12.4 Å². The number of nitrogens with one attached hydrogen (secondary N) is 2. The smallest absolute Gasteiger partial charge is 0.240 e. The molecule has 0 aliphatic carbocycles. The van der Waals surface area contributed by atoms with Crippen molar-refractivity contribution in [2.75, 3.05) is 6.54 Å². The Kier molecular flexibility index (Phi) is 6.66. The molecule has 2 rings (SSSR count). The molecular weight excluding hydrogens is 308 g/mol. The van der Waals surface area contributed by atoms with Crippen LogP contribution in [0, 0.1) is 0 Å². The molecule has 0 bridgehead atoms. The molecule has 0 radical (unpaired) electrons. The summed E-state index contributed by atoms with van der Waals surface area (Å²) in [5.41, 5.74) is 1.04. The quantitative estimate of drug-likeness (QED) is 0.891. The number of benzene rings is 1. The summed E-state index contributed by atoms with van der Waals surface area (Å²) in [7, 11) is -3.44. The van der Waals surface area contributed by atoms with Crippen molar-refractivity contribution in [2.24, 2.45) is 0 Å². The van der Waals surface area contributed by atoms with Crippen molar-refractivity contribution < 1.29 is 8.42 Å². The molecular formula is C15H25ClN2O2S. The number of rotatable bonds is 4. The van der Waals surface area contributed by atoms with E-state index in [9.17, 15) is 8.42 Å². The second-order valence-electron chi connectivity index (χ2n) is 5.84. The Balaban J connectivity index is 0.00000220. The van der Waals surface area contributed by atoms with Crippen LogP contribution in [-0.2, 0) is 10.0 Å². The van der Waals surface area contributed by atoms with Crippen LogP contribution in [0.5, 0.6) is 0 Å². The van der Waals surface area contributed by atoms with Crippen LogP contribution in [0.25, 0.3) is 0 Å². The van der Waals surface area contributed by atoms with Gasteiger partial charge in [-0.3, -0.25) is 0 Å². The topological polar surface area (TPSA) is 58.2 Å². The summed E-state index contributed by atoms with van der Waals surface area (Å²) in [6, 6.07) is 7.35. The Morgan fingerprint density at radius 2 is 2.05 bits per heavy atom. The first kappa shape index (κ1) is 18.4. The van der Waals surface area contributed by atoms with E-state index >= 15 is 0 Å². The van der Waals surface area contributed by atoms with Crippen LogP contribution < -0.4 is 10.0 Å². The van der Waals surface area contributed by atoms with Gasteiger partial charge in [-0.1, -0.05) is 26.0 Å². The Labute approximate surface area is 134 Å². The standard InChI is InChI=1S/C15H24N2O2S.ClH/c1-11(2)13-6-4-7-14(10-13)20(18,19)17-15-8-5-9-16-12(15)3;/h4,6-7,10-12,15-17H,5,8-9H2,1-3H3;1H. The highest BCUT2D eigenvalue weighted by Crippen LogP contribution is 2.20.